The highest BCUT2D eigenvalue weighted by Gasteiger charge is 2.63. The second kappa shape index (κ2) is 2.98. The maximum absolute atomic E-state index is 12.6. The number of nitrogen functional groups attached to an aromatic ring is 1. The highest BCUT2D eigenvalue weighted by molar-refractivity contribution is 5.57. The van der Waals surface area contributed by atoms with Crippen molar-refractivity contribution in [3.8, 4) is 0 Å². The molecule has 4 nitrogen and oxygen atoms in total. The summed E-state index contributed by atoms with van der Waals surface area (Å²) in [6.07, 6.45) is -1.56. The fourth-order valence-corrected chi connectivity index (χ4v) is 1.28. The molecule has 7 heteroatoms. The van der Waals surface area contributed by atoms with Crippen molar-refractivity contribution in [2.45, 2.75) is 24.6 Å². The Bertz CT molecular complexity index is 372. The number of anilines is 2. The third-order valence-corrected chi connectivity index (χ3v) is 2.38. The third kappa shape index (κ3) is 1.69. The van der Waals surface area contributed by atoms with Crippen molar-refractivity contribution in [3.63, 3.8) is 0 Å². The summed E-state index contributed by atoms with van der Waals surface area (Å²) < 4.78 is 37.7. The van der Waals surface area contributed by atoms with Crippen LogP contribution < -0.4 is 11.1 Å². The number of hydrogen-bond acceptors (Lipinski definition) is 4. The molecule has 1 aromatic rings. The molecule has 2 rings (SSSR count). The Morgan fingerprint density at radius 1 is 1.27 bits per heavy atom. The lowest BCUT2D eigenvalue weighted by molar-refractivity contribution is -0.151. The van der Waals surface area contributed by atoms with E-state index in [9.17, 15) is 13.2 Å². The first-order chi connectivity index (χ1) is 6.95. The van der Waals surface area contributed by atoms with Gasteiger partial charge >= 0.3 is 6.18 Å². The summed E-state index contributed by atoms with van der Waals surface area (Å²) in [5.41, 5.74) is 3.55. The average Bonchev–Trinajstić information content (AvgIpc) is 2.89. The van der Waals surface area contributed by atoms with Crippen LogP contribution in [0, 0.1) is 0 Å². The molecule has 0 atom stereocenters. The molecule has 82 valence electrons. The SMILES string of the molecule is Nc1nccnc1NC1(C(F)(F)F)CC1. The van der Waals surface area contributed by atoms with E-state index in [1.54, 1.807) is 0 Å². The Morgan fingerprint density at radius 2 is 1.87 bits per heavy atom. The summed E-state index contributed by atoms with van der Waals surface area (Å²) in [5.74, 6) is -0.0275. The van der Waals surface area contributed by atoms with Crippen LogP contribution in [0.2, 0.25) is 0 Å². The van der Waals surface area contributed by atoms with E-state index >= 15 is 0 Å². The van der Waals surface area contributed by atoms with Gasteiger partial charge in [0.2, 0.25) is 0 Å². The Balaban J connectivity index is 2.20. The van der Waals surface area contributed by atoms with Crippen LogP contribution in [0.1, 0.15) is 12.8 Å². The molecule has 0 spiro atoms. The molecule has 1 aromatic heterocycles. The second-order valence-electron chi connectivity index (χ2n) is 3.50. The molecule has 0 aromatic carbocycles. The Morgan fingerprint density at radius 3 is 2.33 bits per heavy atom. The van der Waals surface area contributed by atoms with Gasteiger partial charge in [-0.1, -0.05) is 0 Å². The van der Waals surface area contributed by atoms with Crippen LogP contribution in [0.5, 0.6) is 0 Å². The quantitative estimate of drug-likeness (QED) is 0.790. The Labute approximate surface area is 83.7 Å². The molecule has 0 saturated heterocycles. The van der Waals surface area contributed by atoms with Gasteiger partial charge in [-0.25, -0.2) is 9.97 Å². The number of rotatable bonds is 2. The molecule has 0 unspecified atom stereocenters. The van der Waals surface area contributed by atoms with Gasteiger partial charge in [0.15, 0.2) is 11.6 Å². The number of aromatic nitrogens is 2. The summed E-state index contributed by atoms with van der Waals surface area (Å²) in [4.78, 5) is 7.38. The van der Waals surface area contributed by atoms with Crippen LogP contribution in [0.25, 0.3) is 0 Å². The number of hydrogen-bond donors (Lipinski definition) is 2. The molecule has 15 heavy (non-hydrogen) atoms. The minimum Gasteiger partial charge on any atom is -0.381 e. The molecule has 0 bridgehead atoms. The summed E-state index contributed by atoms with van der Waals surface area (Å²) >= 11 is 0. The minimum absolute atomic E-state index is 0.00711. The summed E-state index contributed by atoms with van der Waals surface area (Å²) in [7, 11) is 0. The topological polar surface area (TPSA) is 63.8 Å². The zero-order chi connectivity index (χ0) is 11.1. The van der Waals surface area contributed by atoms with Crippen molar-refractivity contribution in [2.24, 2.45) is 0 Å². The largest absolute Gasteiger partial charge is 0.411 e. The zero-order valence-electron chi connectivity index (χ0n) is 7.67. The minimum atomic E-state index is -4.28. The molecule has 0 aliphatic heterocycles. The maximum Gasteiger partial charge on any atom is 0.411 e. The molecule has 1 fully saturated rings. The Kier molecular flexibility index (Phi) is 1.99. The zero-order valence-corrected chi connectivity index (χ0v) is 7.67. The van der Waals surface area contributed by atoms with E-state index in [0.717, 1.165) is 0 Å². The molecule has 0 amide bonds. The van der Waals surface area contributed by atoms with Gasteiger partial charge in [-0.15, -0.1) is 0 Å². The molecule has 1 heterocycles. The number of nitrogens with zero attached hydrogens (tertiary/aromatic N) is 2. The molecule has 0 radical (unpaired) electrons. The van der Waals surface area contributed by atoms with Crippen molar-refractivity contribution >= 4 is 11.6 Å². The fraction of sp³-hybridized carbons (Fsp3) is 0.500. The van der Waals surface area contributed by atoms with Crippen molar-refractivity contribution in [1.82, 2.24) is 9.97 Å². The lowest BCUT2D eigenvalue weighted by Crippen LogP contribution is -2.39. The molecule has 1 aliphatic rings. The van der Waals surface area contributed by atoms with E-state index < -0.39 is 11.7 Å². The van der Waals surface area contributed by atoms with Gasteiger partial charge in [-0.05, 0) is 12.8 Å². The smallest absolute Gasteiger partial charge is 0.381 e. The lowest BCUT2D eigenvalue weighted by atomic mass is 10.2. The van der Waals surface area contributed by atoms with Gasteiger partial charge in [0.1, 0.15) is 5.54 Å². The summed E-state index contributed by atoms with van der Waals surface area (Å²) in [6.45, 7) is 0. The normalized spacial score (nSPS) is 18.6. The van der Waals surface area contributed by atoms with Gasteiger partial charge < -0.3 is 11.1 Å². The van der Waals surface area contributed by atoms with E-state index in [1.807, 2.05) is 0 Å². The summed E-state index contributed by atoms with van der Waals surface area (Å²) in [5, 5.41) is 2.31. The van der Waals surface area contributed by atoms with Gasteiger partial charge in [0, 0.05) is 12.4 Å². The molecular weight excluding hydrogens is 209 g/mol. The number of nitrogens with one attached hydrogen (secondary N) is 1. The first kappa shape index (κ1) is 10.0. The van der Waals surface area contributed by atoms with Gasteiger partial charge in [-0.2, -0.15) is 13.2 Å². The van der Waals surface area contributed by atoms with E-state index in [1.165, 1.54) is 12.4 Å². The molecule has 1 saturated carbocycles. The first-order valence-electron chi connectivity index (χ1n) is 4.36. The van der Waals surface area contributed by atoms with E-state index in [0.29, 0.717) is 0 Å². The summed E-state index contributed by atoms with van der Waals surface area (Å²) in [6, 6.07) is 0. The van der Waals surface area contributed by atoms with Gasteiger partial charge in [0.05, 0.1) is 0 Å². The van der Waals surface area contributed by atoms with E-state index in [2.05, 4.69) is 15.3 Å². The number of halogens is 3. The average molecular weight is 218 g/mol. The number of nitrogens with two attached hydrogens (primary N) is 1. The van der Waals surface area contributed by atoms with Gasteiger partial charge in [-0.3, -0.25) is 0 Å². The van der Waals surface area contributed by atoms with Crippen molar-refractivity contribution in [2.75, 3.05) is 11.1 Å². The van der Waals surface area contributed by atoms with Crippen LogP contribution in [0.15, 0.2) is 12.4 Å². The Hall–Kier alpha value is -1.53. The van der Waals surface area contributed by atoms with Crippen LogP contribution in [-0.2, 0) is 0 Å². The first-order valence-corrected chi connectivity index (χ1v) is 4.36. The highest BCUT2D eigenvalue weighted by Crippen LogP contribution is 2.51. The third-order valence-electron chi connectivity index (χ3n) is 2.38. The highest BCUT2D eigenvalue weighted by atomic mass is 19.4. The lowest BCUT2D eigenvalue weighted by Gasteiger charge is -2.21. The molecule has 1 aliphatic carbocycles. The molecular formula is C8H9F3N4. The fourth-order valence-electron chi connectivity index (χ4n) is 1.28. The van der Waals surface area contributed by atoms with Gasteiger partial charge in [0.25, 0.3) is 0 Å². The standard InChI is InChI=1S/C8H9F3N4/c9-8(10,11)7(1-2-7)15-6-5(12)13-3-4-14-6/h3-4H,1-2H2,(H2,12,13)(H,14,15). The number of alkyl halides is 3. The second-order valence-corrected chi connectivity index (χ2v) is 3.50. The molecule has 3 N–H and O–H groups in total. The van der Waals surface area contributed by atoms with Crippen molar-refractivity contribution in [1.29, 1.82) is 0 Å². The van der Waals surface area contributed by atoms with E-state index in [4.69, 9.17) is 5.73 Å². The van der Waals surface area contributed by atoms with Crippen LogP contribution in [0.4, 0.5) is 24.8 Å². The van der Waals surface area contributed by atoms with Crippen LogP contribution in [0.3, 0.4) is 0 Å². The monoisotopic (exact) mass is 218 g/mol. The van der Waals surface area contributed by atoms with Crippen molar-refractivity contribution < 1.29 is 13.2 Å². The van der Waals surface area contributed by atoms with Crippen LogP contribution in [-0.4, -0.2) is 21.7 Å². The maximum atomic E-state index is 12.6. The van der Waals surface area contributed by atoms with Crippen LogP contribution >= 0.6 is 0 Å². The van der Waals surface area contributed by atoms with E-state index in [-0.39, 0.29) is 24.5 Å². The predicted octanol–water partition coefficient (Wildman–Crippen LogP) is 1.57. The predicted molar refractivity (Wildman–Crippen MR) is 48.1 cm³/mol. The van der Waals surface area contributed by atoms with Crippen molar-refractivity contribution in [3.05, 3.63) is 12.4 Å².